The van der Waals surface area contributed by atoms with Crippen LogP contribution in [0.1, 0.15) is 48.4 Å². The van der Waals surface area contributed by atoms with Crippen molar-refractivity contribution in [2.75, 3.05) is 6.26 Å². The molecule has 1 nitrogen and oxygen atoms in total. The second-order valence-electron chi connectivity index (χ2n) is 5.90. The highest BCUT2D eigenvalue weighted by Crippen LogP contribution is 2.40. The molecule has 3 rings (SSSR count). The Bertz CT molecular complexity index is 587. The Hall–Kier alpha value is -1.25. The predicted octanol–water partition coefficient (Wildman–Crippen LogP) is 5.14. The molecule has 2 heteroatoms. The van der Waals surface area contributed by atoms with Gasteiger partial charge in [0.1, 0.15) is 0 Å². The van der Waals surface area contributed by atoms with E-state index in [0.29, 0.717) is 6.04 Å². The van der Waals surface area contributed by atoms with E-state index in [1.165, 1.54) is 34.4 Å². The normalized spacial score (nSPS) is 15.9. The summed E-state index contributed by atoms with van der Waals surface area (Å²) in [6.45, 7) is 3.17. The van der Waals surface area contributed by atoms with Gasteiger partial charge in [0.25, 0.3) is 0 Å². The summed E-state index contributed by atoms with van der Waals surface area (Å²) in [4.78, 5) is 1.32. The molecule has 1 N–H and O–H groups in total. The van der Waals surface area contributed by atoms with E-state index < -0.39 is 0 Å². The van der Waals surface area contributed by atoms with Gasteiger partial charge in [-0.3, -0.25) is 0 Å². The maximum Gasteiger partial charge on any atom is 0.0294 e. The molecule has 110 valence electrons. The first-order valence-corrected chi connectivity index (χ1v) is 8.95. The maximum absolute atomic E-state index is 3.63. The Morgan fingerprint density at radius 1 is 1.14 bits per heavy atom. The molecule has 0 radical (unpaired) electrons. The summed E-state index contributed by atoms with van der Waals surface area (Å²) in [6.07, 6.45) is 4.85. The maximum atomic E-state index is 3.63. The summed E-state index contributed by atoms with van der Waals surface area (Å²) in [7, 11) is 0. The molecule has 1 fully saturated rings. The van der Waals surface area contributed by atoms with Crippen LogP contribution in [0.4, 0.5) is 0 Å². The van der Waals surface area contributed by atoms with Crippen LogP contribution >= 0.6 is 11.8 Å². The second kappa shape index (κ2) is 6.67. The summed E-state index contributed by atoms with van der Waals surface area (Å²) in [5.74, 6) is 0.835. The highest BCUT2D eigenvalue weighted by Gasteiger charge is 2.23. The van der Waals surface area contributed by atoms with Crippen molar-refractivity contribution in [3.63, 3.8) is 0 Å². The van der Waals surface area contributed by atoms with Crippen LogP contribution in [0, 0.1) is 0 Å². The van der Waals surface area contributed by atoms with Crippen molar-refractivity contribution in [2.45, 2.75) is 43.2 Å². The van der Waals surface area contributed by atoms with Crippen LogP contribution in [0.5, 0.6) is 0 Å². The molecule has 1 aliphatic carbocycles. The summed E-state index contributed by atoms with van der Waals surface area (Å²) in [5.41, 5.74) is 4.27. The van der Waals surface area contributed by atoms with E-state index in [1.54, 1.807) is 11.8 Å². The number of rotatable bonds is 6. The van der Waals surface area contributed by atoms with Crippen LogP contribution in [0.25, 0.3) is 0 Å². The van der Waals surface area contributed by atoms with Gasteiger partial charge in [0, 0.05) is 17.5 Å². The molecule has 0 heterocycles. The van der Waals surface area contributed by atoms with E-state index >= 15 is 0 Å². The summed E-state index contributed by atoms with van der Waals surface area (Å²) in [6, 6.07) is 18.3. The van der Waals surface area contributed by atoms with E-state index in [4.69, 9.17) is 0 Å². The molecule has 1 aliphatic rings. The van der Waals surface area contributed by atoms with Crippen LogP contribution in [0.2, 0.25) is 0 Å². The molecule has 0 saturated heterocycles. The van der Waals surface area contributed by atoms with Crippen LogP contribution in [0.15, 0.2) is 53.4 Å². The molecular formula is C19H23NS. The van der Waals surface area contributed by atoms with Gasteiger partial charge in [-0.25, -0.2) is 0 Å². The van der Waals surface area contributed by atoms with Crippen LogP contribution in [-0.4, -0.2) is 6.26 Å². The highest BCUT2D eigenvalue weighted by molar-refractivity contribution is 7.98. The number of hydrogen-bond acceptors (Lipinski definition) is 2. The molecule has 0 aliphatic heterocycles. The van der Waals surface area contributed by atoms with Crippen molar-refractivity contribution in [2.24, 2.45) is 0 Å². The molecule has 2 aromatic carbocycles. The van der Waals surface area contributed by atoms with Crippen molar-refractivity contribution < 1.29 is 0 Å². The van der Waals surface area contributed by atoms with Crippen LogP contribution in [0.3, 0.4) is 0 Å². The lowest BCUT2D eigenvalue weighted by molar-refractivity contribution is 0.574. The van der Waals surface area contributed by atoms with E-state index in [9.17, 15) is 0 Å². The summed E-state index contributed by atoms with van der Waals surface area (Å²) >= 11 is 1.79. The fourth-order valence-corrected chi connectivity index (χ4v) is 3.06. The van der Waals surface area contributed by atoms with Gasteiger partial charge in [-0.05, 0) is 60.8 Å². The quantitative estimate of drug-likeness (QED) is 0.741. The van der Waals surface area contributed by atoms with E-state index in [0.717, 1.165) is 12.5 Å². The van der Waals surface area contributed by atoms with Crippen LogP contribution in [-0.2, 0) is 6.54 Å². The molecule has 0 amide bonds. The Morgan fingerprint density at radius 3 is 2.57 bits per heavy atom. The fourth-order valence-electron chi connectivity index (χ4n) is 2.66. The topological polar surface area (TPSA) is 12.0 Å². The lowest BCUT2D eigenvalue weighted by Crippen LogP contribution is -2.18. The van der Waals surface area contributed by atoms with Crippen molar-refractivity contribution in [3.8, 4) is 0 Å². The van der Waals surface area contributed by atoms with Gasteiger partial charge >= 0.3 is 0 Å². The van der Waals surface area contributed by atoms with Gasteiger partial charge < -0.3 is 5.32 Å². The number of benzene rings is 2. The zero-order chi connectivity index (χ0) is 14.7. The van der Waals surface area contributed by atoms with E-state index in [-0.39, 0.29) is 0 Å². The molecule has 0 bridgehead atoms. The number of nitrogens with one attached hydrogen (secondary N) is 1. The van der Waals surface area contributed by atoms with Gasteiger partial charge in [0.15, 0.2) is 0 Å². The van der Waals surface area contributed by atoms with Crippen molar-refractivity contribution >= 4 is 11.8 Å². The highest BCUT2D eigenvalue weighted by atomic mass is 32.2. The van der Waals surface area contributed by atoms with Gasteiger partial charge in [0.2, 0.25) is 0 Å². The van der Waals surface area contributed by atoms with Crippen molar-refractivity contribution in [3.05, 3.63) is 65.2 Å². The molecule has 2 aromatic rings. The largest absolute Gasteiger partial charge is 0.306 e. The molecule has 21 heavy (non-hydrogen) atoms. The van der Waals surface area contributed by atoms with Gasteiger partial charge in [-0.15, -0.1) is 11.8 Å². The Balaban J connectivity index is 1.59. The second-order valence-corrected chi connectivity index (χ2v) is 6.77. The minimum absolute atomic E-state index is 0.380. The third kappa shape index (κ3) is 3.90. The third-order valence-electron chi connectivity index (χ3n) is 4.23. The molecule has 1 unspecified atom stereocenters. The number of hydrogen-bond donors (Lipinski definition) is 1. The molecule has 0 spiro atoms. The molecule has 0 aromatic heterocycles. The average Bonchev–Trinajstić information content (AvgIpc) is 3.38. The summed E-state index contributed by atoms with van der Waals surface area (Å²) in [5, 5.41) is 3.63. The van der Waals surface area contributed by atoms with Gasteiger partial charge in [-0.2, -0.15) is 0 Å². The molecule has 1 atom stereocenters. The summed E-state index contributed by atoms with van der Waals surface area (Å²) < 4.78 is 0. The first-order valence-electron chi connectivity index (χ1n) is 7.72. The lowest BCUT2D eigenvalue weighted by Gasteiger charge is -2.15. The first-order chi connectivity index (χ1) is 10.3. The molecule has 1 saturated carbocycles. The third-order valence-corrected chi connectivity index (χ3v) is 4.97. The monoisotopic (exact) mass is 297 g/mol. The zero-order valence-corrected chi connectivity index (χ0v) is 13.6. The van der Waals surface area contributed by atoms with Gasteiger partial charge in [-0.1, -0.05) is 36.4 Å². The SMILES string of the molecule is CSc1ccc(C(C)NCc2cccc(C3CC3)c2)cc1. The Morgan fingerprint density at radius 2 is 1.90 bits per heavy atom. The minimum atomic E-state index is 0.380. The van der Waals surface area contributed by atoms with Gasteiger partial charge in [0.05, 0.1) is 0 Å². The minimum Gasteiger partial charge on any atom is -0.306 e. The molecular weight excluding hydrogens is 274 g/mol. The number of thioether (sulfide) groups is 1. The lowest BCUT2D eigenvalue weighted by atomic mass is 10.1. The predicted molar refractivity (Wildman–Crippen MR) is 91.9 cm³/mol. The van der Waals surface area contributed by atoms with Crippen molar-refractivity contribution in [1.29, 1.82) is 0 Å². The van der Waals surface area contributed by atoms with E-state index in [1.807, 2.05) is 0 Å². The van der Waals surface area contributed by atoms with E-state index in [2.05, 4.69) is 67.0 Å². The first kappa shape index (κ1) is 14.7. The Labute approximate surface area is 132 Å². The zero-order valence-electron chi connectivity index (χ0n) is 12.8. The smallest absolute Gasteiger partial charge is 0.0294 e. The van der Waals surface area contributed by atoms with Crippen LogP contribution < -0.4 is 5.32 Å². The van der Waals surface area contributed by atoms with Crippen molar-refractivity contribution in [1.82, 2.24) is 5.32 Å². The Kier molecular flexibility index (Phi) is 4.67. The average molecular weight is 297 g/mol. The standard InChI is InChI=1S/C19H23NS/c1-14(16-8-10-19(21-2)11-9-16)20-13-15-4-3-5-18(12-15)17-6-7-17/h3-5,8-12,14,17,20H,6-7,13H2,1-2H3. The fraction of sp³-hybridized carbons (Fsp3) is 0.368.